The molecule has 9 heteroatoms. The summed E-state index contributed by atoms with van der Waals surface area (Å²) >= 11 is 0. The maximum Gasteiger partial charge on any atom is 0.255 e. The number of benzene rings is 1. The van der Waals surface area contributed by atoms with Crippen molar-refractivity contribution in [2.24, 2.45) is 0 Å². The molecule has 0 bridgehead atoms. The number of hydrogen-bond acceptors (Lipinski definition) is 6. The number of nitrogens with zero attached hydrogens (tertiary/aromatic N) is 4. The third-order valence-electron chi connectivity index (χ3n) is 7.19. The zero-order valence-electron chi connectivity index (χ0n) is 20.4. The van der Waals surface area contributed by atoms with Crippen LogP contribution in [-0.4, -0.2) is 81.4 Å². The second kappa shape index (κ2) is 11.3. The van der Waals surface area contributed by atoms with Crippen LogP contribution in [-0.2, 0) is 11.3 Å². The lowest BCUT2D eigenvalue weighted by Crippen LogP contribution is -2.49. The van der Waals surface area contributed by atoms with Crippen LogP contribution in [0.2, 0.25) is 0 Å². The zero-order chi connectivity index (χ0) is 24.8. The number of halogens is 1. The molecule has 1 aromatic heterocycles. The molecule has 2 saturated heterocycles. The molecule has 1 aromatic carbocycles. The molecular formula is C26H36FN5O3. The summed E-state index contributed by atoms with van der Waals surface area (Å²) in [6, 6.07) is 11.4. The van der Waals surface area contributed by atoms with Crippen molar-refractivity contribution in [3.8, 4) is 0 Å². The minimum atomic E-state index is -1.05. The van der Waals surface area contributed by atoms with Gasteiger partial charge in [-0.2, -0.15) is 0 Å². The Morgan fingerprint density at radius 1 is 1.26 bits per heavy atom. The minimum Gasteiger partial charge on any atom is -0.388 e. The number of hydrogen-bond donors (Lipinski definition) is 2. The average molecular weight is 486 g/mol. The highest BCUT2D eigenvalue weighted by Crippen LogP contribution is 2.26. The second-order valence-corrected chi connectivity index (χ2v) is 9.97. The van der Waals surface area contributed by atoms with Gasteiger partial charge >= 0.3 is 0 Å². The van der Waals surface area contributed by atoms with Crippen molar-refractivity contribution in [3.63, 3.8) is 0 Å². The SMILES string of the molecule is CC(CC(=O)N1CCC(O)(Cn2cnc(NCCN3CC[C@H](F)C3)cc2=O)CC1)c1ccccc1. The zero-order valence-corrected chi connectivity index (χ0v) is 20.4. The van der Waals surface area contributed by atoms with E-state index in [-0.39, 0.29) is 23.9 Å². The van der Waals surface area contributed by atoms with E-state index >= 15 is 0 Å². The van der Waals surface area contributed by atoms with Crippen LogP contribution in [0.15, 0.2) is 47.5 Å². The van der Waals surface area contributed by atoms with Crippen LogP contribution < -0.4 is 10.9 Å². The van der Waals surface area contributed by atoms with E-state index in [0.29, 0.717) is 64.2 Å². The number of piperidine rings is 1. The van der Waals surface area contributed by atoms with Gasteiger partial charge in [-0.15, -0.1) is 0 Å². The molecule has 2 fully saturated rings. The van der Waals surface area contributed by atoms with Gasteiger partial charge in [-0.1, -0.05) is 37.3 Å². The van der Waals surface area contributed by atoms with E-state index in [1.165, 1.54) is 17.0 Å². The maximum absolute atomic E-state index is 13.3. The van der Waals surface area contributed by atoms with E-state index in [2.05, 4.69) is 17.2 Å². The molecule has 0 radical (unpaired) electrons. The Hall–Kier alpha value is -2.78. The van der Waals surface area contributed by atoms with Crippen LogP contribution in [0.5, 0.6) is 0 Å². The molecule has 2 aliphatic rings. The van der Waals surface area contributed by atoms with Crippen LogP contribution in [0.4, 0.5) is 10.2 Å². The highest BCUT2D eigenvalue weighted by Gasteiger charge is 2.35. The van der Waals surface area contributed by atoms with Crippen molar-refractivity contribution in [2.75, 3.05) is 44.6 Å². The first kappa shape index (κ1) is 25.3. The molecule has 35 heavy (non-hydrogen) atoms. The molecule has 0 saturated carbocycles. The summed E-state index contributed by atoms with van der Waals surface area (Å²) in [4.78, 5) is 33.5. The Bertz CT molecular complexity index is 1040. The molecule has 8 nitrogen and oxygen atoms in total. The quantitative estimate of drug-likeness (QED) is 0.566. The number of aromatic nitrogens is 2. The largest absolute Gasteiger partial charge is 0.388 e. The lowest BCUT2D eigenvalue weighted by atomic mass is 9.90. The van der Waals surface area contributed by atoms with E-state index < -0.39 is 11.8 Å². The van der Waals surface area contributed by atoms with Crippen molar-refractivity contribution < 1.29 is 14.3 Å². The van der Waals surface area contributed by atoms with Gasteiger partial charge in [0.15, 0.2) is 0 Å². The molecule has 0 spiro atoms. The van der Waals surface area contributed by atoms with Crippen molar-refractivity contribution in [1.82, 2.24) is 19.4 Å². The summed E-state index contributed by atoms with van der Waals surface area (Å²) in [5, 5.41) is 14.2. The monoisotopic (exact) mass is 485 g/mol. The molecule has 0 aliphatic carbocycles. The summed E-state index contributed by atoms with van der Waals surface area (Å²) in [6.45, 7) is 5.63. The van der Waals surface area contributed by atoms with Gasteiger partial charge in [-0.25, -0.2) is 9.37 Å². The smallest absolute Gasteiger partial charge is 0.255 e. The average Bonchev–Trinajstić information content (AvgIpc) is 3.26. The highest BCUT2D eigenvalue weighted by atomic mass is 19.1. The predicted octanol–water partition coefficient (Wildman–Crippen LogP) is 2.25. The Labute approximate surface area is 205 Å². The fraction of sp³-hybridized carbons (Fsp3) is 0.577. The third kappa shape index (κ3) is 6.89. The van der Waals surface area contributed by atoms with Crippen molar-refractivity contribution in [3.05, 3.63) is 58.6 Å². The fourth-order valence-electron chi connectivity index (χ4n) is 4.91. The van der Waals surface area contributed by atoms with Gasteiger partial charge in [0.1, 0.15) is 12.0 Å². The first-order chi connectivity index (χ1) is 16.8. The third-order valence-corrected chi connectivity index (χ3v) is 7.19. The number of aliphatic hydroxyl groups is 1. The highest BCUT2D eigenvalue weighted by molar-refractivity contribution is 5.77. The van der Waals surface area contributed by atoms with Crippen LogP contribution >= 0.6 is 0 Å². The molecule has 1 amide bonds. The lowest BCUT2D eigenvalue weighted by Gasteiger charge is -2.38. The molecule has 190 valence electrons. The Morgan fingerprint density at radius 3 is 2.66 bits per heavy atom. The standard InChI is InChI=1S/C26H36FN5O3/c1-20(21-5-3-2-4-6-21)15-24(33)31-12-8-26(35,9-13-31)18-32-19-29-23(16-25(32)34)28-10-14-30-11-7-22(27)17-30/h2-6,16,19-20,22,28,35H,7-15,17-18H2,1H3/t20?,22-/m0/s1. The van der Waals surface area contributed by atoms with E-state index in [9.17, 15) is 19.1 Å². The fourth-order valence-corrected chi connectivity index (χ4v) is 4.91. The molecule has 2 aliphatic heterocycles. The number of rotatable bonds is 9. The molecule has 4 rings (SSSR count). The minimum absolute atomic E-state index is 0.0913. The number of carbonyl (C=O) groups excluding carboxylic acids is 1. The number of anilines is 1. The van der Waals surface area contributed by atoms with E-state index in [1.54, 1.807) is 0 Å². The summed E-state index contributed by atoms with van der Waals surface area (Å²) in [5.74, 6) is 0.702. The van der Waals surface area contributed by atoms with Crippen molar-refractivity contribution in [2.45, 2.75) is 56.8 Å². The Balaban J connectivity index is 1.24. The Morgan fingerprint density at radius 2 is 2.00 bits per heavy atom. The summed E-state index contributed by atoms with van der Waals surface area (Å²) < 4.78 is 14.7. The van der Waals surface area contributed by atoms with Crippen molar-refractivity contribution >= 4 is 11.7 Å². The molecule has 2 N–H and O–H groups in total. The molecule has 2 aromatic rings. The number of alkyl halides is 1. The van der Waals surface area contributed by atoms with E-state index in [4.69, 9.17) is 0 Å². The predicted molar refractivity (Wildman–Crippen MR) is 133 cm³/mol. The first-order valence-electron chi connectivity index (χ1n) is 12.5. The van der Waals surface area contributed by atoms with Crippen LogP contribution in [0.25, 0.3) is 0 Å². The van der Waals surface area contributed by atoms with Gasteiger partial charge in [0.25, 0.3) is 5.56 Å². The number of amides is 1. The topological polar surface area (TPSA) is 90.7 Å². The molecule has 1 unspecified atom stereocenters. The summed E-state index contributed by atoms with van der Waals surface area (Å²) in [7, 11) is 0. The van der Waals surface area contributed by atoms with Gasteiger partial charge in [0.05, 0.1) is 18.5 Å². The van der Waals surface area contributed by atoms with Gasteiger partial charge < -0.3 is 15.3 Å². The lowest BCUT2D eigenvalue weighted by molar-refractivity contribution is -0.136. The normalized spacial score (nSPS) is 21.1. The van der Waals surface area contributed by atoms with Gasteiger partial charge in [0.2, 0.25) is 5.91 Å². The number of carbonyl (C=O) groups is 1. The summed E-state index contributed by atoms with van der Waals surface area (Å²) in [5.41, 5.74) is -0.152. The molecular weight excluding hydrogens is 449 g/mol. The second-order valence-electron chi connectivity index (χ2n) is 9.97. The first-order valence-corrected chi connectivity index (χ1v) is 12.5. The van der Waals surface area contributed by atoms with E-state index in [1.807, 2.05) is 40.1 Å². The van der Waals surface area contributed by atoms with Crippen molar-refractivity contribution in [1.29, 1.82) is 0 Å². The molecule has 3 heterocycles. The van der Waals surface area contributed by atoms with Crippen LogP contribution in [0.3, 0.4) is 0 Å². The van der Waals surface area contributed by atoms with Gasteiger partial charge in [-0.3, -0.25) is 19.1 Å². The Kier molecular flexibility index (Phi) is 8.18. The number of nitrogens with one attached hydrogen (secondary N) is 1. The van der Waals surface area contributed by atoms with Crippen LogP contribution in [0.1, 0.15) is 44.1 Å². The van der Waals surface area contributed by atoms with Gasteiger partial charge in [-0.05, 0) is 30.7 Å². The summed E-state index contributed by atoms with van der Waals surface area (Å²) in [6.07, 6.45) is 2.55. The van der Waals surface area contributed by atoms with E-state index in [0.717, 1.165) is 12.1 Å². The van der Waals surface area contributed by atoms with Crippen LogP contribution in [0, 0.1) is 0 Å². The maximum atomic E-state index is 13.3. The number of likely N-dealkylation sites (tertiary alicyclic amines) is 2. The van der Waals surface area contributed by atoms with Gasteiger partial charge in [0, 0.05) is 51.8 Å². The molecule has 2 atom stereocenters.